The smallest absolute Gasteiger partial charge is 0.344 e. The Morgan fingerprint density at radius 1 is 0.905 bits per heavy atom. The molecule has 4 fully saturated rings. The van der Waals surface area contributed by atoms with Crippen molar-refractivity contribution in [2.45, 2.75) is 114 Å². The van der Waals surface area contributed by atoms with E-state index in [1.807, 2.05) is 28.8 Å². The van der Waals surface area contributed by atoms with Crippen LogP contribution in [0.15, 0.2) is 34.2 Å². The average molecular weight is 578 g/mol. The summed E-state index contributed by atoms with van der Waals surface area (Å²) in [6.45, 7) is -0.660. The van der Waals surface area contributed by atoms with Crippen LogP contribution in [-0.4, -0.2) is 61.9 Å². The van der Waals surface area contributed by atoms with E-state index in [0.717, 1.165) is 43.0 Å². The van der Waals surface area contributed by atoms with Gasteiger partial charge in [0.05, 0.1) is 11.0 Å². The number of amides is 1. The zero-order valence-electron chi connectivity index (χ0n) is 24.3. The fourth-order valence-electron chi connectivity index (χ4n) is 8.63. The van der Waals surface area contributed by atoms with Gasteiger partial charge < -0.3 is 20.2 Å². The summed E-state index contributed by atoms with van der Waals surface area (Å²) in [6, 6.07) is 9.21. The number of aliphatic carboxylic acids is 1. The van der Waals surface area contributed by atoms with Gasteiger partial charge in [-0.2, -0.15) is 0 Å². The number of nitrogens with two attached hydrogens (primary N) is 1. The molecule has 3 heterocycles. The van der Waals surface area contributed by atoms with Gasteiger partial charge >= 0.3 is 5.97 Å². The monoisotopic (exact) mass is 577 g/mol. The molecule has 2 aliphatic heterocycles. The molecular formula is C32H43N5O5. The van der Waals surface area contributed by atoms with Crippen molar-refractivity contribution in [1.29, 1.82) is 0 Å². The Bertz CT molecular complexity index is 1380. The minimum Gasteiger partial charge on any atom is -0.479 e. The van der Waals surface area contributed by atoms with Crippen LogP contribution < -0.4 is 11.3 Å². The molecule has 4 aliphatic rings. The van der Waals surface area contributed by atoms with Crippen molar-refractivity contribution in [3.8, 4) is 0 Å². The molecule has 2 saturated carbocycles. The lowest BCUT2D eigenvalue weighted by molar-refractivity contribution is -0.142. The standard InChI is InChI=1S/C32H43N5O5/c33-29(38)13-12-27(35-42-19-30(39)40)31-32(41)37(28-11-4-3-10-26(28)34-31)25-17-22-8-5-9-23(18-25)36(22)24-15-20-6-1-2-7-21(14-20)16-24/h3-4,10-11,20-25H,1-2,5-9,12-19H2,(H2,33,38)(H,39,40)/b35-27+. The van der Waals surface area contributed by atoms with Gasteiger partial charge in [0.25, 0.3) is 5.56 Å². The number of carbonyl (C=O) groups excluding carboxylic acids is 1. The summed E-state index contributed by atoms with van der Waals surface area (Å²) in [4.78, 5) is 49.5. The average Bonchev–Trinajstić information content (AvgIpc) is 3.12. The van der Waals surface area contributed by atoms with Crippen LogP contribution in [-0.2, 0) is 14.4 Å². The number of carboxylic acid groups (broad SMARTS) is 1. The number of carbonyl (C=O) groups is 2. The molecule has 42 heavy (non-hydrogen) atoms. The number of para-hydroxylation sites is 2. The van der Waals surface area contributed by atoms with Crippen LogP contribution in [0.2, 0.25) is 0 Å². The van der Waals surface area contributed by atoms with E-state index in [2.05, 4.69) is 15.0 Å². The molecule has 2 aromatic rings. The van der Waals surface area contributed by atoms with E-state index in [0.29, 0.717) is 23.6 Å². The second-order valence-electron chi connectivity index (χ2n) is 13.0. The second-order valence-corrected chi connectivity index (χ2v) is 13.0. The Labute approximate surface area is 246 Å². The molecule has 0 spiro atoms. The van der Waals surface area contributed by atoms with E-state index in [9.17, 15) is 14.4 Å². The molecule has 4 atom stereocenters. The Balaban J connectivity index is 1.34. The number of aromatic nitrogens is 2. The van der Waals surface area contributed by atoms with E-state index in [1.54, 1.807) is 0 Å². The Morgan fingerprint density at radius 3 is 2.26 bits per heavy atom. The first-order valence-electron chi connectivity index (χ1n) is 15.9. The summed E-state index contributed by atoms with van der Waals surface area (Å²) in [5, 5.41) is 13.0. The summed E-state index contributed by atoms with van der Waals surface area (Å²) in [7, 11) is 0. The summed E-state index contributed by atoms with van der Waals surface area (Å²) in [5.41, 5.74) is 6.78. The van der Waals surface area contributed by atoms with Crippen molar-refractivity contribution in [1.82, 2.24) is 14.5 Å². The quantitative estimate of drug-likeness (QED) is 0.333. The molecule has 2 saturated heterocycles. The Kier molecular flexibility index (Phi) is 8.60. The molecule has 10 heteroatoms. The normalized spacial score (nSPS) is 30.0. The molecule has 4 unspecified atom stereocenters. The van der Waals surface area contributed by atoms with Gasteiger partial charge in [0.1, 0.15) is 5.71 Å². The highest BCUT2D eigenvalue weighted by molar-refractivity contribution is 6.01. The van der Waals surface area contributed by atoms with Crippen LogP contribution in [0.4, 0.5) is 0 Å². The predicted molar refractivity (Wildman–Crippen MR) is 159 cm³/mol. The fourth-order valence-corrected chi connectivity index (χ4v) is 8.63. The van der Waals surface area contributed by atoms with Gasteiger partial charge in [-0.05, 0) is 68.9 Å². The number of nitrogens with zero attached hydrogens (tertiary/aromatic N) is 4. The molecule has 0 radical (unpaired) electrons. The van der Waals surface area contributed by atoms with Crippen molar-refractivity contribution in [3.63, 3.8) is 0 Å². The number of carboxylic acids is 1. The molecule has 226 valence electrons. The maximum Gasteiger partial charge on any atom is 0.344 e. The molecule has 10 nitrogen and oxygen atoms in total. The minimum absolute atomic E-state index is 0.0129. The molecule has 6 rings (SSSR count). The van der Waals surface area contributed by atoms with Gasteiger partial charge in [-0.25, -0.2) is 9.78 Å². The fraction of sp³-hybridized carbons (Fsp3) is 0.656. The van der Waals surface area contributed by atoms with Gasteiger partial charge in [0.15, 0.2) is 5.69 Å². The number of oxime groups is 1. The summed E-state index contributed by atoms with van der Waals surface area (Å²) >= 11 is 0. The number of primary amides is 1. The van der Waals surface area contributed by atoms with Crippen molar-refractivity contribution >= 4 is 28.6 Å². The maximum absolute atomic E-state index is 14.3. The Morgan fingerprint density at radius 2 is 1.60 bits per heavy atom. The lowest BCUT2D eigenvalue weighted by Crippen LogP contribution is -2.58. The van der Waals surface area contributed by atoms with Crippen molar-refractivity contribution in [2.75, 3.05) is 6.61 Å². The number of hydrogen-bond acceptors (Lipinski definition) is 7. The summed E-state index contributed by atoms with van der Waals surface area (Å²) < 4.78 is 1.90. The van der Waals surface area contributed by atoms with E-state index < -0.39 is 18.5 Å². The number of piperidine rings is 2. The molecule has 2 aliphatic carbocycles. The third-order valence-corrected chi connectivity index (χ3v) is 10.2. The molecule has 4 bridgehead atoms. The van der Waals surface area contributed by atoms with Crippen LogP contribution in [0.5, 0.6) is 0 Å². The van der Waals surface area contributed by atoms with Crippen molar-refractivity contribution in [3.05, 3.63) is 40.3 Å². The maximum atomic E-state index is 14.3. The lowest BCUT2D eigenvalue weighted by atomic mass is 9.73. The van der Waals surface area contributed by atoms with Crippen LogP contribution in [0.3, 0.4) is 0 Å². The van der Waals surface area contributed by atoms with Crippen LogP contribution in [0.1, 0.15) is 102 Å². The first kappa shape index (κ1) is 28.8. The largest absolute Gasteiger partial charge is 0.479 e. The van der Waals surface area contributed by atoms with E-state index in [1.165, 1.54) is 51.4 Å². The Hall–Kier alpha value is -3.27. The van der Waals surface area contributed by atoms with E-state index in [-0.39, 0.29) is 35.8 Å². The molecule has 1 aromatic heterocycles. The topological polar surface area (TPSA) is 140 Å². The van der Waals surface area contributed by atoms with E-state index >= 15 is 0 Å². The molecule has 1 aromatic carbocycles. The van der Waals surface area contributed by atoms with Crippen molar-refractivity contribution in [2.24, 2.45) is 22.7 Å². The third-order valence-electron chi connectivity index (χ3n) is 10.2. The van der Waals surface area contributed by atoms with Gasteiger partial charge in [-0.15, -0.1) is 0 Å². The number of benzene rings is 1. The van der Waals surface area contributed by atoms with Gasteiger partial charge in [0, 0.05) is 37.0 Å². The van der Waals surface area contributed by atoms with Crippen molar-refractivity contribution < 1.29 is 19.5 Å². The van der Waals surface area contributed by atoms with Crippen LogP contribution in [0.25, 0.3) is 11.0 Å². The molecule has 3 N–H and O–H groups in total. The zero-order valence-corrected chi connectivity index (χ0v) is 24.3. The highest BCUT2D eigenvalue weighted by Gasteiger charge is 2.45. The highest BCUT2D eigenvalue weighted by Crippen LogP contribution is 2.47. The van der Waals surface area contributed by atoms with Gasteiger partial charge in [-0.3, -0.25) is 14.5 Å². The number of hydrogen-bond donors (Lipinski definition) is 2. The van der Waals surface area contributed by atoms with Crippen LogP contribution in [0, 0.1) is 11.8 Å². The summed E-state index contributed by atoms with van der Waals surface area (Å²) in [5.74, 6) is -0.00634. The van der Waals surface area contributed by atoms with Gasteiger partial charge in [0.2, 0.25) is 12.5 Å². The highest BCUT2D eigenvalue weighted by atomic mass is 16.6. The van der Waals surface area contributed by atoms with Crippen LogP contribution >= 0.6 is 0 Å². The third kappa shape index (κ3) is 6.09. The van der Waals surface area contributed by atoms with Gasteiger partial charge in [-0.1, -0.05) is 49.4 Å². The molecular weight excluding hydrogens is 534 g/mol. The number of fused-ring (bicyclic) bond motifs is 5. The number of rotatable bonds is 9. The predicted octanol–water partition coefficient (Wildman–Crippen LogP) is 4.38. The first-order chi connectivity index (χ1) is 20.4. The second kappa shape index (κ2) is 12.5. The van der Waals surface area contributed by atoms with E-state index in [4.69, 9.17) is 15.7 Å². The zero-order chi connectivity index (χ0) is 29.2. The SMILES string of the molecule is NC(=O)CC/C(=N\OCC(=O)O)c1nc2ccccc2n(C2CC3CCCC(C2)N3C2CC3CCCCC(C3)C2)c1=O. The summed E-state index contributed by atoms with van der Waals surface area (Å²) in [6.07, 6.45) is 15.0. The minimum atomic E-state index is -1.19. The molecule has 1 amide bonds. The first-order valence-corrected chi connectivity index (χ1v) is 15.9. The lowest BCUT2D eigenvalue weighted by Gasteiger charge is -2.54.